The molecule has 2 heterocycles. The van der Waals surface area contributed by atoms with E-state index in [9.17, 15) is 4.79 Å². The van der Waals surface area contributed by atoms with E-state index in [0.29, 0.717) is 31.2 Å². The first-order chi connectivity index (χ1) is 9.08. The fourth-order valence-corrected chi connectivity index (χ4v) is 1.97. The summed E-state index contributed by atoms with van der Waals surface area (Å²) in [5.41, 5.74) is 0.796. The van der Waals surface area contributed by atoms with Gasteiger partial charge in [-0.15, -0.1) is 0 Å². The van der Waals surface area contributed by atoms with Gasteiger partial charge in [0.15, 0.2) is 6.10 Å². The van der Waals surface area contributed by atoms with Crippen LogP contribution in [0.1, 0.15) is 18.5 Å². The molecular weight excluding hydrogens is 250 g/mol. The average molecular weight is 267 g/mol. The van der Waals surface area contributed by atoms with E-state index in [2.05, 4.69) is 15.3 Å². The van der Waals surface area contributed by atoms with Crippen LogP contribution in [-0.4, -0.2) is 46.9 Å². The van der Waals surface area contributed by atoms with Crippen LogP contribution in [0, 0.1) is 6.92 Å². The minimum absolute atomic E-state index is 0.129. The molecule has 1 aliphatic rings. The molecule has 0 amide bonds. The molecule has 0 aliphatic carbocycles. The largest absolute Gasteiger partial charge is 0.481 e. The van der Waals surface area contributed by atoms with E-state index in [1.807, 2.05) is 6.92 Å². The normalized spacial score (nSPS) is 22.2. The van der Waals surface area contributed by atoms with Crippen LogP contribution in [-0.2, 0) is 9.53 Å². The Balaban J connectivity index is 1.89. The molecule has 0 bridgehead atoms. The Bertz CT molecular complexity index is 466. The molecule has 1 fully saturated rings. The van der Waals surface area contributed by atoms with Crippen molar-refractivity contribution < 1.29 is 19.4 Å². The van der Waals surface area contributed by atoms with Crippen molar-refractivity contribution in [1.29, 1.82) is 0 Å². The van der Waals surface area contributed by atoms with Gasteiger partial charge < -0.3 is 19.9 Å². The van der Waals surface area contributed by atoms with Crippen LogP contribution in [0.15, 0.2) is 6.07 Å². The number of rotatable bonds is 5. The summed E-state index contributed by atoms with van der Waals surface area (Å²) in [6.07, 6.45) is 0.433. The van der Waals surface area contributed by atoms with Gasteiger partial charge in [-0.2, -0.15) is 4.98 Å². The summed E-state index contributed by atoms with van der Waals surface area (Å²) in [6.45, 7) is 2.33. The number of ether oxygens (including phenoxy) is 2. The average Bonchev–Trinajstić information content (AvgIpc) is 2.84. The van der Waals surface area contributed by atoms with E-state index >= 15 is 0 Å². The minimum atomic E-state index is -0.907. The standard InChI is InChI=1S/C12H17N3O4/c1-7-5-10(18-2)15-12(14-7)13-6-8-3-4-9(19-8)11(16)17/h5,8-9H,3-4,6H2,1-2H3,(H,16,17)(H,13,14,15). The molecule has 104 valence electrons. The SMILES string of the molecule is COc1cc(C)nc(NCC2CCC(C(=O)O)O2)n1. The summed E-state index contributed by atoms with van der Waals surface area (Å²) >= 11 is 0. The Hall–Kier alpha value is -1.89. The van der Waals surface area contributed by atoms with E-state index in [1.165, 1.54) is 0 Å². The van der Waals surface area contributed by atoms with Crippen molar-refractivity contribution in [2.24, 2.45) is 0 Å². The molecule has 0 spiro atoms. The second kappa shape index (κ2) is 5.83. The quantitative estimate of drug-likeness (QED) is 0.816. The van der Waals surface area contributed by atoms with Crippen molar-refractivity contribution in [3.05, 3.63) is 11.8 Å². The van der Waals surface area contributed by atoms with Gasteiger partial charge in [-0.05, 0) is 19.8 Å². The summed E-state index contributed by atoms with van der Waals surface area (Å²) in [4.78, 5) is 19.1. The van der Waals surface area contributed by atoms with Crippen molar-refractivity contribution in [2.75, 3.05) is 19.0 Å². The van der Waals surface area contributed by atoms with Crippen LogP contribution in [0.25, 0.3) is 0 Å². The molecule has 2 atom stereocenters. The Labute approximate surface area is 111 Å². The van der Waals surface area contributed by atoms with Crippen LogP contribution >= 0.6 is 0 Å². The molecule has 0 radical (unpaired) electrons. The van der Waals surface area contributed by atoms with Gasteiger partial charge in [0.2, 0.25) is 11.8 Å². The van der Waals surface area contributed by atoms with E-state index in [-0.39, 0.29) is 6.10 Å². The van der Waals surface area contributed by atoms with Crippen molar-refractivity contribution in [3.8, 4) is 5.88 Å². The summed E-state index contributed by atoms with van der Waals surface area (Å²) in [5.74, 6) is 0.0425. The highest BCUT2D eigenvalue weighted by Crippen LogP contribution is 2.20. The number of anilines is 1. The molecule has 19 heavy (non-hydrogen) atoms. The number of hydrogen-bond acceptors (Lipinski definition) is 6. The third-order valence-electron chi connectivity index (χ3n) is 2.91. The van der Waals surface area contributed by atoms with Gasteiger partial charge in [-0.25, -0.2) is 9.78 Å². The molecule has 7 nitrogen and oxygen atoms in total. The lowest BCUT2D eigenvalue weighted by molar-refractivity contribution is -0.149. The fourth-order valence-electron chi connectivity index (χ4n) is 1.97. The van der Waals surface area contributed by atoms with Crippen LogP contribution in [0.5, 0.6) is 5.88 Å². The number of nitrogens with one attached hydrogen (secondary N) is 1. The number of aliphatic carboxylic acids is 1. The number of carboxylic acid groups (broad SMARTS) is 1. The lowest BCUT2D eigenvalue weighted by Crippen LogP contribution is -2.25. The summed E-state index contributed by atoms with van der Waals surface area (Å²) in [7, 11) is 1.54. The van der Waals surface area contributed by atoms with Gasteiger partial charge in [0.25, 0.3) is 0 Å². The Morgan fingerprint density at radius 2 is 2.37 bits per heavy atom. The first-order valence-corrected chi connectivity index (χ1v) is 6.10. The monoisotopic (exact) mass is 267 g/mol. The van der Waals surface area contributed by atoms with Gasteiger partial charge in [0, 0.05) is 18.3 Å². The highest BCUT2D eigenvalue weighted by atomic mass is 16.5. The highest BCUT2D eigenvalue weighted by Gasteiger charge is 2.30. The van der Waals surface area contributed by atoms with Gasteiger partial charge in [-0.1, -0.05) is 0 Å². The lowest BCUT2D eigenvalue weighted by Gasteiger charge is -2.12. The zero-order valence-corrected chi connectivity index (χ0v) is 10.9. The number of carbonyl (C=O) groups is 1. The predicted molar refractivity (Wildman–Crippen MR) is 67.3 cm³/mol. The lowest BCUT2D eigenvalue weighted by atomic mass is 10.2. The number of methoxy groups -OCH3 is 1. The molecule has 1 aliphatic heterocycles. The van der Waals surface area contributed by atoms with Gasteiger partial charge in [-0.3, -0.25) is 0 Å². The van der Waals surface area contributed by atoms with Crippen molar-refractivity contribution in [3.63, 3.8) is 0 Å². The molecule has 7 heteroatoms. The molecule has 0 aromatic carbocycles. The van der Waals surface area contributed by atoms with E-state index < -0.39 is 12.1 Å². The fraction of sp³-hybridized carbons (Fsp3) is 0.583. The van der Waals surface area contributed by atoms with E-state index in [4.69, 9.17) is 14.6 Å². The van der Waals surface area contributed by atoms with Crippen molar-refractivity contribution in [2.45, 2.75) is 32.0 Å². The molecule has 0 saturated carbocycles. The first kappa shape index (κ1) is 13.5. The number of aromatic nitrogens is 2. The predicted octanol–water partition coefficient (Wildman–Crippen LogP) is 0.838. The molecule has 1 aromatic heterocycles. The topological polar surface area (TPSA) is 93.6 Å². The number of hydrogen-bond donors (Lipinski definition) is 2. The molecule has 1 saturated heterocycles. The molecule has 2 N–H and O–H groups in total. The van der Waals surface area contributed by atoms with Crippen molar-refractivity contribution >= 4 is 11.9 Å². The van der Waals surface area contributed by atoms with Crippen LogP contribution in [0.3, 0.4) is 0 Å². The Morgan fingerprint density at radius 3 is 3.00 bits per heavy atom. The van der Waals surface area contributed by atoms with Gasteiger partial charge in [0.05, 0.1) is 13.2 Å². The third kappa shape index (κ3) is 3.54. The summed E-state index contributed by atoms with van der Waals surface area (Å²) < 4.78 is 10.4. The van der Waals surface area contributed by atoms with Crippen LogP contribution in [0.2, 0.25) is 0 Å². The molecule has 2 unspecified atom stereocenters. The maximum absolute atomic E-state index is 10.8. The van der Waals surface area contributed by atoms with E-state index in [1.54, 1.807) is 13.2 Å². The summed E-state index contributed by atoms with van der Waals surface area (Å²) in [5, 5.41) is 11.9. The maximum atomic E-state index is 10.8. The minimum Gasteiger partial charge on any atom is -0.481 e. The number of aryl methyl sites for hydroxylation is 1. The Kier molecular flexibility index (Phi) is 4.16. The maximum Gasteiger partial charge on any atom is 0.332 e. The molecule has 1 aromatic rings. The highest BCUT2D eigenvalue weighted by molar-refractivity contribution is 5.72. The zero-order chi connectivity index (χ0) is 13.8. The Morgan fingerprint density at radius 1 is 1.58 bits per heavy atom. The van der Waals surface area contributed by atoms with Crippen LogP contribution in [0.4, 0.5) is 5.95 Å². The smallest absolute Gasteiger partial charge is 0.332 e. The van der Waals surface area contributed by atoms with Gasteiger partial charge in [0.1, 0.15) is 0 Å². The number of nitrogens with zero attached hydrogens (tertiary/aromatic N) is 2. The second-order valence-corrected chi connectivity index (χ2v) is 4.42. The molecule has 2 rings (SSSR count). The van der Waals surface area contributed by atoms with Crippen LogP contribution < -0.4 is 10.1 Å². The van der Waals surface area contributed by atoms with E-state index in [0.717, 1.165) is 5.69 Å². The summed E-state index contributed by atoms with van der Waals surface area (Å²) in [6, 6.07) is 1.73. The second-order valence-electron chi connectivity index (χ2n) is 4.42. The number of carboxylic acids is 1. The van der Waals surface area contributed by atoms with Gasteiger partial charge >= 0.3 is 5.97 Å². The molecular formula is C12H17N3O4. The third-order valence-corrected chi connectivity index (χ3v) is 2.91. The van der Waals surface area contributed by atoms with Crippen molar-refractivity contribution in [1.82, 2.24) is 9.97 Å². The first-order valence-electron chi connectivity index (χ1n) is 6.10. The zero-order valence-electron chi connectivity index (χ0n) is 10.9.